The summed E-state index contributed by atoms with van der Waals surface area (Å²) in [5.41, 5.74) is -0.560. The van der Waals surface area contributed by atoms with E-state index >= 15 is 0 Å². The van der Waals surface area contributed by atoms with Crippen LogP contribution in [0.3, 0.4) is 0 Å². The van der Waals surface area contributed by atoms with Crippen molar-refractivity contribution in [1.29, 1.82) is 0 Å². The Labute approximate surface area is 112 Å². The van der Waals surface area contributed by atoms with Crippen LogP contribution in [-0.2, 0) is 0 Å². The van der Waals surface area contributed by atoms with Gasteiger partial charge in [0.15, 0.2) is 23.3 Å². The summed E-state index contributed by atoms with van der Waals surface area (Å²) in [6, 6.07) is 0.0914. The van der Waals surface area contributed by atoms with Gasteiger partial charge < -0.3 is 0 Å². The monoisotopic (exact) mass is 289 g/mol. The summed E-state index contributed by atoms with van der Waals surface area (Å²) in [4.78, 5) is 2.07. The lowest BCUT2D eigenvalue weighted by molar-refractivity contribution is 0.263. The minimum absolute atomic E-state index is 0.00118. The van der Waals surface area contributed by atoms with Crippen molar-refractivity contribution in [1.82, 2.24) is 4.90 Å². The summed E-state index contributed by atoms with van der Waals surface area (Å²) in [5, 5.41) is 0. The fourth-order valence-corrected chi connectivity index (χ4v) is 3.11. The predicted molar refractivity (Wildman–Crippen MR) is 63.4 cm³/mol. The molecule has 1 aromatic carbocycles. The van der Waals surface area contributed by atoms with Gasteiger partial charge >= 0.3 is 0 Å². The number of hydrogen-bond donors (Lipinski definition) is 0. The van der Waals surface area contributed by atoms with E-state index in [4.69, 9.17) is 0 Å². The van der Waals surface area contributed by atoms with Gasteiger partial charge in [0, 0.05) is 12.1 Å². The number of benzene rings is 1. The first-order valence-corrected chi connectivity index (χ1v) is 6.36. The van der Waals surface area contributed by atoms with E-state index in [1.54, 1.807) is 6.08 Å². The van der Waals surface area contributed by atoms with Crippen molar-refractivity contribution in [3.05, 3.63) is 40.7 Å². The third kappa shape index (κ3) is 1.78. The van der Waals surface area contributed by atoms with Crippen LogP contribution < -0.4 is 0 Å². The second kappa shape index (κ2) is 4.55. The summed E-state index contributed by atoms with van der Waals surface area (Å²) in [6.07, 6.45) is 3.60. The Morgan fingerprint density at radius 1 is 0.900 bits per heavy atom. The zero-order valence-corrected chi connectivity index (χ0v) is 10.7. The van der Waals surface area contributed by atoms with Gasteiger partial charge in [-0.2, -0.15) is 0 Å². The molecule has 0 radical (unpaired) electrons. The molecule has 0 amide bonds. The number of nitrogens with zero attached hydrogens (tertiary/aromatic N) is 1. The summed E-state index contributed by atoms with van der Waals surface area (Å²) in [7, 11) is 1.90. The molecule has 0 aromatic heterocycles. The number of rotatable bonds is 1. The van der Waals surface area contributed by atoms with Gasteiger partial charge in [0.05, 0.1) is 5.56 Å². The van der Waals surface area contributed by atoms with Crippen molar-refractivity contribution >= 4 is 5.57 Å². The molecule has 1 aromatic rings. The first kappa shape index (κ1) is 13.5. The number of fused-ring (bicyclic) bond motifs is 2. The maximum absolute atomic E-state index is 13.8. The van der Waals surface area contributed by atoms with Crippen LogP contribution in [-0.4, -0.2) is 24.0 Å². The summed E-state index contributed by atoms with van der Waals surface area (Å²) < 4.78 is 67.1. The highest BCUT2D eigenvalue weighted by atomic mass is 19.2. The van der Waals surface area contributed by atoms with E-state index in [2.05, 4.69) is 4.90 Å². The second-order valence-corrected chi connectivity index (χ2v) is 5.30. The van der Waals surface area contributed by atoms with Gasteiger partial charge in [-0.05, 0) is 31.9 Å². The molecule has 0 spiro atoms. The maximum atomic E-state index is 13.8. The smallest absolute Gasteiger partial charge is 0.200 e. The van der Waals surface area contributed by atoms with Crippen LogP contribution in [0.4, 0.5) is 22.0 Å². The minimum Gasteiger partial charge on any atom is -0.297 e. The van der Waals surface area contributed by atoms with Crippen LogP contribution in [0.1, 0.15) is 24.8 Å². The van der Waals surface area contributed by atoms with Crippen molar-refractivity contribution < 1.29 is 22.0 Å². The van der Waals surface area contributed by atoms with Crippen molar-refractivity contribution in [2.75, 3.05) is 7.05 Å². The van der Waals surface area contributed by atoms with Crippen LogP contribution in [0.25, 0.3) is 5.57 Å². The highest BCUT2D eigenvalue weighted by Crippen LogP contribution is 2.40. The van der Waals surface area contributed by atoms with Crippen LogP contribution in [0.15, 0.2) is 6.08 Å². The van der Waals surface area contributed by atoms with Gasteiger partial charge in [-0.3, -0.25) is 4.90 Å². The first-order valence-electron chi connectivity index (χ1n) is 6.36. The SMILES string of the molecule is CN1C2C=C(c3c(F)c(F)c(F)c(F)c3F)CC1CC2. The van der Waals surface area contributed by atoms with E-state index < -0.39 is 34.6 Å². The molecule has 0 aliphatic carbocycles. The van der Waals surface area contributed by atoms with E-state index in [1.165, 1.54) is 0 Å². The molecule has 108 valence electrons. The lowest BCUT2D eigenvalue weighted by Gasteiger charge is -2.30. The molecule has 1 fully saturated rings. The highest BCUT2D eigenvalue weighted by molar-refractivity contribution is 5.69. The molecule has 20 heavy (non-hydrogen) atoms. The molecular weight excluding hydrogens is 277 g/mol. The quantitative estimate of drug-likeness (QED) is 0.433. The summed E-state index contributed by atoms with van der Waals surface area (Å²) in [6.45, 7) is 0. The molecule has 0 N–H and O–H groups in total. The Hall–Kier alpha value is -1.43. The number of likely N-dealkylation sites (N-methyl/N-ethyl adjacent to an activating group) is 1. The van der Waals surface area contributed by atoms with E-state index in [9.17, 15) is 22.0 Å². The van der Waals surface area contributed by atoms with Gasteiger partial charge in [0.1, 0.15) is 0 Å². The third-order valence-electron chi connectivity index (χ3n) is 4.27. The second-order valence-electron chi connectivity index (χ2n) is 5.30. The molecule has 2 aliphatic heterocycles. The molecule has 2 heterocycles. The lowest BCUT2D eigenvalue weighted by Crippen LogP contribution is -2.34. The van der Waals surface area contributed by atoms with Crippen LogP contribution in [0.2, 0.25) is 0 Å². The average molecular weight is 289 g/mol. The molecule has 1 saturated heterocycles. The Morgan fingerprint density at radius 3 is 2.00 bits per heavy atom. The normalized spacial score (nSPS) is 26.0. The fraction of sp³-hybridized carbons (Fsp3) is 0.429. The molecule has 2 unspecified atom stereocenters. The molecule has 1 nitrogen and oxygen atoms in total. The average Bonchev–Trinajstić information content (AvgIpc) is 2.66. The van der Waals surface area contributed by atoms with Gasteiger partial charge in [0.25, 0.3) is 0 Å². The largest absolute Gasteiger partial charge is 0.297 e. The van der Waals surface area contributed by atoms with Crippen molar-refractivity contribution in [3.63, 3.8) is 0 Å². The zero-order valence-electron chi connectivity index (χ0n) is 10.7. The highest BCUT2D eigenvalue weighted by Gasteiger charge is 2.37. The minimum atomic E-state index is -2.11. The van der Waals surface area contributed by atoms with E-state index in [1.807, 2.05) is 7.05 Å². The van der Waals surface area contributed by atoms with Crippen LogP contribution in [0, 0.1) is 29.1 Å². The van der Waals surface area contributed by atoms with Gasteiger partial charge in [-0.15, -0.1) is 0 Å². The van der Waals surface area contributed by atoms with Crippen LogP contribution in [0.5, 0.6) is 0 Å². The van der Waals surface area contributed by atoms with Gasteiger partial charge in [-0.25, -0.2) is 22.0 Å². The van der Waals surface area contributed by atoms with Crippen molar-refractivity contribution in [3.8, 4) is 0 Å². The Balaban J connectivity index is 2.15. The van der Waals surface area contributed by atoms with Gasteiger partial charge in [0.2, 0.25) is 5.82 Å². The maximum Gasteiger partial charge on any atom is 0.200 e. The lowest BCUT2D eigenvalue weighted by atomic mass is 9.94. The first-order chi connectivity index (χ1) is 9.41. The van der Waals surface area contributed by atoms with E-state index in [0.29, 0.717) is 6.42 Å². The van der Waals surface area contributed by atoms with Gasteiger partial charge in [-0.1, -0.05) is 6.08 Å². The fourth-order valence-electron chi connectivity index (χ4n) is 3.11. The summed E-state index contributed by atoms with van der Waals surface area (Å²) in [5.74, 6) is -9.36. The molecule has 3 rings (SSSR count). The summed E-state index contributed by atoms with van der Waals surface area (Å²) >= 11 is 0. The third-order valence-corrected chi connectivity index (χ3v) is 4.27. The Kier molecular flexibility index (Phi) is 3.08. The van der Waals surface area contributed by atoms with Crippen molar-refractivity contribution in [2.45, 2.75) is 31.3 Å². The number of halogens is 5. The number of hydrogen-bond acceptors (Lipinski definition) is 1. The molecule has 2 atom stereocenters. The molecule has 2 aliphatic rings. The molecule has 0 saturated carbocycles. The predicted octanol–water partition coefficient (Wildman–Crippen LogP) is 3.63. The molecular formula is C14H12F5N. The molecule has 6 heteroatoms. The van der Waals surface area contributed by atoms with E-state index in [-0.39, 0.29) is 17.7 Å². The van der Waals surface area contributed by atoms with Crippen LogP contribution >= 0.6 is 0 Å². The topological polar surface area (TPSA) is 3.24 Å². The van der Waals surface area contributed by atoms with E-state index in [0.717, 1.165) is 12.8 Å². The standard InChI is InChI=1S/C14H12F5N/c1-20-7-2-3-8(20)5-6(4-7)9-10(15)12(17)14(19)13(18)11(9)16/h4,7-8H,2-3,5H2,1H3. The molecule has 2 bridgehead atoms. The zero-order chi connectivity index (χ0) is 14.6. The Bertz CT molecular complexity index is 581. The Morgan fingerprint density at radius 2 is 1.45 bits per heavy atom. The van der Waals surface area contributed by atoms with Crippen molar-refractivity contribution in [2.24, 2.45) is 0 Å².